The molecule has 0 aliphatic heterocycles. The Kier molecular flexibility index (Phi) is 4.76. The zero-order valence-corrected chi connectivity index (χ0v) is 15.7. The number of nitrogen functional groups attached to an aromatic ring is 1. The summed E-state index contributed by atoms with van der Waals surface area (Å²) in [6.45, 7) is -0.134. The molecule has 2 atom stereocenters. The number of para-hydroxylation sites is 1. The summed E-state index contributed by atoms with van der Waals surface area (Å²) < 4.78 is 24.2. The average Bonchev–Trinajstić information content (AvgIpc) is 3.22. The highest BCUT2D eigenvalue weighted by atomic mass is 31.1. The van der Waals surface area contributed by atoms with E-state index in [0.29, 0.717) is 17.8 Å². The van der Waals surface area contributed by atoms with Gasteiger partial charge in [-0.2, -0.15) is 4.98 Å². The lowest BCUT2D eigenvalue weighted by Crippen LogP contribution is -2.14. The molecule has 0 radical (unpaired) electrons. The third kappa shape index (κ3) is 3.57. The molecule has 146 valence electrons. The summed E-state index contributed by atoms with van der Waals surface area (Å²) in [7, 11) is -2.76. The Labute approximate surface area is 159 Å². The van der Waals surface area contributed by atoms with Gasteiger partial charge in [0.25, 0.3) is 5.56 Å². The quantitative estimate of drug-likeness (QED) is 0.502. The van der Waals surface area contributed by atoms with E-state index in [1.54, 1.807) is 35.0 Å². The fraction of sp³-hybridized carbons (Fsp3) is 0.235. The number of aromatic amines is 1. The van der Waals surface area contributed by atoms with Crippen LogP contribution in [0.3, 0.4) is 0 Å². The molecule has 1 fully saturated rings. The maximum atomic E-state index is 12.0. The molecule has 4 rings (SSSR count). The molecule has 1 saturated carbocycles. The van der Waals surface area contributed by atoms with Crippen molar-refractivity contribution in [3.05, 3.63) is 52.6 Å². The van der Waals surface area contributed by atoms with Crippen LogP contribution < -0.4 is 15.8 Å². The van der Waals surface area contributed by atoms with Crippen LogP contribution in [-0.4, -0.2) is 37.8 Å². The number of nitrogens with one attached hydrogen (secondary N) is 1. The molecule has 0 spiro atoms. The molecule has 28 heavy (non-hydrogen) atoms. The van der Waals surface area contributed by atoms with Gasteiger partial charge in [-0.15, -0.1) is 0 Å². The lowest BCUT2D eigenvalue weighted by molar-refractivity contribution is 0.153. The van der Waals surface area contributed by atoms with Crippen molar-refractivity contribution in [1.29, 1.82) is 0 Å². The van der Waals surface area contributed by atoms with Crippen LogP contribution in [0, 0.1) is 5.41 Å². The normalized spacial score (nSPS) is 21.1. The zero-order valence-electron chi connectivity index (χ0n) is 14.7. The van der Waals surface area contributed by atoms with Gasteiger partial charge in [-0.05, 0) is 24.1 Å². The highest BCUT2D eigenvalue weighted by Crippen LogP contribution is 2.53. The number of aliphatic hydroxyl groups is 1. The second-order valence-corrected chi connectivity index (χ2v) is 7.49. The van der Waals surface area contributed by atoms with E-state index in [1.807, 2.05) is 6.07 Å². The van der Waals surface area contributed by atoms with Crippen molar-refractivity contribution in [1.82, 2.24) is 19.5 Å². The predicted octanol–water partition coefficient (Wildman–Crippen LogP) is 1.41. The highest BCUT2D eigenvalue weighted by molar-refractivity contribution is 7.33. The number of rotatable bonds is 7. The third-order valence-electron chi connectivity index (χ3n) is 4.54. The van der Waals surface area contributed by atoms with E-state index < -0.39 is 19.2 Å². The number of aliphatic hydroxyl groups excluding tert-OH is 1. The van der Waals surface area contributed by atoms with E-state index >= 15 is 0 Å². The number of H-pyrrole nitrogens is 1. The van der Waals surface area contributed by atoms with Gasteiger partial charge < -0.3 is 19.9 Å². The van der Waals surface area contributed by atoms with Crippen molar-refractivity contribution >= 4 is 31.6 Å². The van der Waals surface area contributed by atoms with Gasteiger partial charge in [-0.1, -0.05) is 18.2 Å². The first-order valence-electron chi connectivity index (χ1n) is 8.45. The predicted molar refractivity (Wildman–Crippen MR) is 103 cm³/mol. The number of nitrogens with two attached hydrogens (primary N) is 1. The van der Waals surface area contributed by atoms with E-state index in [4.69, 9.17) is 14.8 Å². The minimum Gasteiger partial charge on any atom is -0.426 e. The van der Waals surface area contributed by atoms with Crippen LogP contribution in [-0.2, 0) is 9.09 Å². The van der Waals surface area contributed by atoms with Crippen molar-refractivity contribution in [3.8, 4) is 5.75 Å². The van der Waals surface area contributed by atoms with E-state index in [9.17, 15) is 14.5 Å². The van der Waals surface area contributed by atoms with Gasteiger partial charge >= 0.3 is 8.25 Å². The molecule has 10 nitrogen and oxygen atoms in total. The molecular formula is C17H18N5O5P. The number of anilines is 1. The average molecular weight is 403 g/mol. The molecule has 1 aromatic carbocycles. The first-order valence-corrected chi connectivity index (χ1v) is 9.67. The summed E-state index contributed by atoms with van der Waals surface area (Å²) >= 11 is 0. The first-order chi connectivity index (χ1) is 13.5. The summed E-state index contributed by atoms with van der Waals surface area (Å²) in [6.07, 6.45) is 3.71. The maximum Gasteiger partial charge on any atom is 0.367 e. The molecule has 1 aliphatic carbocycles. The van der Waals surface area contributed by atoms with Gasteiger partial charge in [0.1, 0.15) is 12.1 Å². The van der Waals surface area contributed by atoms with Crippen LogP contribution in [0.25, 0.3) is 17.4 Å². The molecule has 4 N–H and O–H groups in total. The Hall–Kier alpha value is -2.94. The van der Waals surface area contributed by atoms with Crippen molar-refractivity contribution in [2.75, 3.05) is 18.9 Å². The summed E-state index contributed by atoms with van der Waals surface area (Å²) in [5.74, 6) is 0.441. The van der Waals surface area contributed by atoms with Crippen LogP contribution in [0.1, 0.15) is 6.42 Å². The Balaban J connectivity index is 1.47. The van der Waals surface area contributed by atoms with Crippen molar-refractivity contribution in [2.24, 2.45) is 5.41 Å². The fourth-order valence-corrected chi connectivity index (χ4v) is 3.65. The Bertz CT molecular complexity index is 1130. The number of nitrogens with zero attached hydrogens (tertiary/aromatic N) is 3. The standard InChI is InChI=1S/C17H18N5O5P/c18-16-20-14-13(15(24)21-16)19-10-22(14)7-11-6-17(11,8-23)9-26-28(25)27-12-4-2-1-3-5-12/h1-5,7,10,23,28H,6,8-9H2,(H3,18,20,21,24)/b11-7-/t17-/m0/s1. The van der Waals surface area contributed by atoms with Crippen LogP contribution >= 0.6 is 8.25 Å². The molecule has 11 heteroatoms. The first kappa shape index (κ1) is 18.4. The Morgan fingerprint density at radius 3 is 2.93 bits per heavy atom. The number of benzene rings is 1. The second kappa shape index (κ2) is 7.23. The summed E-state index contributed by atoms with van der Waals surface area (Å²) in [5, 5.41) is 9.79. The van der Waals surface area contributed by atoms with Crippen LogP contribution in [0.4, 0.5) is 5.95 Å². The molecule has 1 aliphatic rings. The summed E-state index contributed by atoms with van der Waals surface area (Å²) in [4.78, 5) is 22.4. The minimum absolute atomic E-state index is 0.0122. The Morgan fingerprint density at radius 1 is 1.39 bits per heavy atom. The van der Waals surface area contributed by atoms with Crippen LogP contribution in [0.5, 0.6) is 5.75 Å². The smallest absolute Gasteiger partial charge is 0.367 e. The molecule has 2 aromatic heterocycles. The zero-order chi connectivity index (χ0) is 19.7. The lowest BCUT2D eigenvalue weighted by atomic mass is 10.1. The van der Waals surface area contributed by atoms with E-state index in [-0.39, 0.29) is 24.7 Å². The molecule has 1 unspecified atom stereocenters. The number of fused-ring (bicyclic) bond motifs is 1. The van der Waals surface area contributed by atoms with Crippen molar-refractivity contribution in [2.45, 2.75) is 6.42 Å². The highest BCUT2D eigenvalue weighted by Gasteiger charge is 2.49. The SMILES string of the molecule is Nc1nc2c(ncn2/C=C2/C[C@]2(CO)CO[PH](=O)Oc2ccccc2)c(=O)[nH]1. The number of hydrogen-bond donors (Lipinski definition) is 3. The molecular weight excluding hydrogens is 385 g/mol. The summed E-state index contributed by atoms with van der Waals surface area (Å²) in [5.41, 5.74) is 5.84. The minimum atomic E-state index is -2.76. The molecule has 0 amide bonds. The lowest BCUT2D eigenvalue weighted by Gasteiger charge is -2.12. The molecule has 2 heterocycles. The van der Waals surface area contributed by atoms with Gasteiger partial charge in [0.05, 0.1) is 13.2 Å². The topological polar surface area (TPSA) is 145 Å². The Morgan fingerprint density at radius 2 is 2.18 bits per heavy atom. The van der Waals surface area contributed by atoms with Crippen LogP contribution in [0.2, 0.25) is 0 Å². The van der Waals surface area contributed by atoms with Crippen LogP contribution in [0.15, 0.2) is 47.0 Å². The van der Waals surface area contributed by atoms with E-state index in [1.165, 1.54) is 6.33 Å². The van der Waals surface area contributed by atoms with E-state index in [0.717, 1.165) is 5.57 Å². The van der Waals surface area contributed by atoms with Gasteiger partial charge in [0.2, 0.25) is 5.95 Å². The third-order valence-corrected chi connectivity index (χ3v) is 5.33. The van der Waals surface area contributed by atoms with Gasteiger partial charge in [0.15, 0.2) is 11.2 Å². The maximum absolute atomic E-state index is 12.0. The number of hydrogen-bond acceptors (Lipinski definition) is 8. The molecule has 0 bridgehead atoms. The number of imidazole rings is 1. The number of aromatic nitrogens is 4. The van der Waals surface area contributed by atoms with Crippen molar-refractivity contribution in [3.63, 3.8) is 0 Å². The molecule has 0 saturated heterocycles. The summed E-state index contributed by atoms with van der Waals surface area (Å²) in [6, 6.07) is 8.72. The molecule has 3 aromatic rings. The van der Waals surface area contributed by atoms with E-state index in [2.05, 4.69) is 15.0 Å². The monoisotopic (exact) mass is 403 g/mol. The second-order valence-electron chi connectivity index (χ2n) is 6.50. The van der Waals surface area contributed by atoms with Crippen molar-refractivity contribution < 1.29 is 18.7 Å². The van der Waals surface area contributed by atoms with Gasteiger partial charge in [0, 0.05) is 11.6 Å². The van der Waals surface area contributed by atoms with Gasteiger partial charge in [-0.25, -0.2) is 9.55 Å². The largest absolute Gasteiger partial charge is 0.426 e. The van der Waals surface area contributed by atoms with Gasteiger partial charge in [-0.3, -0.25) is 14.3 Å². The fourth-order valence-electron chi connectivity index (χ4n) is 2.87.